The third kappa shape index (κ3) is 2.59. The van der Waals surface area contributed by atoms with Gasteiger partial charge in [-0.2, -0.15) is 5.10 Å². The molecule has 0 saturated heterocycles. The molecule has 0 unspecified atom stereocenters. The molecular formula is C19H19ClN2O. The number of rotatable bonds is 3. The summed E-state index contributed by atoms with van der Waals surface area (Å²) in [6.45, 7) is 2.17. The highest BCUT2D eigenvalue weighted by atomic mass is 35.5. The number of hydrogen-bond donors (Lipinski definition) is 0. The highest BCUT2D eigenvalue weighted by Gasteiger charge is 2.39. The first-order chi connectivity index (χ1) is 11.3. The van der Waals surface area contributed by atoms with Crippen molar-refractivity contribution in [2.45, 2.75) is 38.5 Å². The van der Waals surface area contributed by atoms with Crippen LogP contribution in [0.3, 0.4) is 0 Å². The number of benzene rings is 2. The smallest absolute Gasteiger partial charge is 0.187 e. The maximum atomic E-state index is 6.21. The second-order valence-electron chi connectivity index (χ2n) is 6.06. The van der Waals surface area contributed by atoms with Gasteiger partial charge in [0.2, 0.25) is 0 Å². The number of ether oxygens (including phenoxy) is 1. The van der Waals surface area contributed by atoms with E-state index in [-0.39, 0.29) is 12.3 Å². The van der Waals surface area contributed by atoms with E-state index in [1.54, 1.807) is 0 Å². The van der Waals surface area contributed by atoms with Crippen LogP contribution in [0, 0.1) is 0 Å². The lowest BCUT2D eigenvalue weighted by molar-refractivity contribution is -0.0223. The van der Waals surface area contributed by atoms with Crippen LogP contribution in [0.4, 0.5) is 0 Å². The summed E-state index contributed by atoms with van der Waals surface area (Å²) in [4.78, 5) is 0. The number of fused-ring (bicyclic) bond motifs is 3. The summed E-state index contributed by atoms with van der Waals surface area (Å²) in [6, 6.07) is 16.5. The van der Waals surface area contributed by atoms with E-state index in [2.05, 4.69) is 36.2 Å². The van der Waals surface area contributed by atoms with Gasteiger partial charge in [-0.05, 0) is 23.8 Å². The molecule has 0 N–H and O–H groups in total. The zero-order valence-corrected chi connectivity index (χ0v) is 13.8. The van der Waals surface area contributed by atoms with Crippen molar-refractivity contribution in [2.75, 3.05) is 0 Å². The zero-order valence-electron chi connectivity index (χ0n) is 13.1. The Balaban J connectivity index is 1.74. The molecule has 3 nitrogen and oxygen atoms in total. The third-order valence-electron chi connectivity index (χ3n) is 4.47. The Hall–Kier alpha value is -2.00. The molecule has 0 amide bonds. The molecule has 23 heavy (non-hydrogen) atoms. The van der Waals surface area contributed by atoms with Gasteiger partial charge in [0, 0.05) is 23.4 Å². The lowest BCUT2D eigenvalue weighted by Crippen LogP contribution is -2.40. The molecule has 0 aliphatic carbocycles. The molecule has 0 aromatic heterocycles. The van der Waals surface area contributed by atoms with E-state index in [9.17, 15) is 0 Å². The van der Waals surface area contributed by atoms with Gasteiger partial charge < -0.3 is 4.74 Å². The van der Waals surface area contributed by atoms with Gasteiger partial charge in [-0.1, -0.05) is 55.3 Å². The van der Waals surface area contributed by atoms with Crippen LogP contribution in [0.5, 0.6) is 5.75 Å². The van der Waals surface area contributed by atoms with Gasteiger partial charge in [0.15, 0.2) is 6.23 Å². The fourth-order valence-electron chi connectivity index (χ4n) is 3.38. The van der Waals surface area contributed by atoms with E-state index in [0.29, 0.717) is 0 Å². The quantitative estimate of drug-likeness (QED) is 0.792. The molecule has 0 spiro atoms. The molecule has 0 saturated carbocycles. The minimum Gasteiger partial charge on any atom is -0.469 e. The monoisotopic (exact) mass is 326 g/mol. The summed E-state index contributed by atoms with van der Waals surface area (Å²) in [5.74, 6) is 0.943. The van der Waals surface area contributed by atoms with Crippen LogP contribution in [-0.2, 0) is 0 Å². The van der Waals surface area contributed by atoms with Crippen LogP contribution in [0.1, 0.15) is 43.4 Å². The Morgan fingerprint density at radius 1 is 1.22 bits per heavy atom. The molecule has 4 heteroatoms. The van der Waals surface area contributed by atoms with Gasteiger partial charge in [-0.3, -0.25) is 5.01 Å². The maximum absolute atomic E-state index is 6.21. The SMILES string of the molecule is CCC[C@@H]1Oc2ccc(Cl)cc2[C@@H]2CC(c3ccccc3)=NN12. The van der Waals surface area contributed by atoms with Crippen LogP contribution < -0.4 is 4.74 Å². The fourth-order valence-corrected chi connectivity index (χ4v) is 3.56. The predicted octanol–water partition coefficient (Wildman–Crippen LogP) is 5.01. The third-order valence-corrected chi connectivity index (χ3v) is 4.71. The second-order valence-corrected chi connectivity index (χ2v) is 6.49. The van der Waals surface area contributed by atoms with Crippen molar-refractivity contribution in [2.24, 2.45) is 5.10 Å². The number of halogens is 1. The molecular weight excluding hydrogens is 308 g/mol. The molecule has 2 heterocycles. The Kier molecular flexibility index (Phi) is 3.74. The Bertz CT molecular complexity index is 744. The van der Waals surface area contributed by atoms with Crippen molar-refractivity contribution in [1.29, 1.82) is 0 Å². The molecule has 2 aromatic carbocycles. The van der Waals surface area contributed by atoms with Gasteiger partial charge in [0.25, 0.3) is 0 Å². The molecule has 2 aliphatic rings. The normalized spacial score (nSPS) is 22.2. The summed E-state index contributed by atoms with van der Waals surface area (Å²) < 4.78 is 6.19. The van der Waals surface area contributed by atoms with Crippen LogP contribution in [0.15, 0.2) is 53.6 Å². The standard InChI is InChI=1S/C19H19ClN2O/c1-2-6-19-22-17(15-11-14(20)9-10-18(15)23-19)12-16(21-22)13-7-4-3-5-8-13/h3-5,7-11,17,19H,2,6,12H2,1H3/t17-,19-/m0/s1. The molecule has 0 fully saturated rings. The van der Waals surface area contributed by atoms with Crippen molar-refractivity contribution in [3.8, 4) is 5.75 Å². The largest absolute Gasteiger partial charge is 0.469 e. The summed E-state index contributed by atoms with van der Waals surface area (Å²) in [5.41, 5.74) is 3.44. The van der Waals surface area contributed by atoms with Crippen LogP contribution in [0.2, 0.25) is 5.02 Å². The Morgan fingerprint density at radius 3 is 2.83 bits per heavy atom. The summed E-state index contributed by atoms with van der Waals surface area (Å²) >= 11 is 6.21. The van der Waals surface area contributed by atoms with Crippen molar-refractivity contribution >= 4 is 17.3 Å². The van der Waals surface area contributed by atoms with E-state index in [1.165, 1.54) is 5.56 Å². The molecule has 0 radical (unpaired) electrons. The summed E-state index contributed by atoms with van der Waals surface area (Å²) in [5, 5.41) is 7.77. The van der Waals surface area contributed by atoms with Crippen molar-refractivity contribution in [3.63, 3.8) is 0 Å². The van der Waals surface area contributed by atoms with Crippen LogP contribution in [0.25, 0.3) is 0 Å². The average molecular weight is 327 g/mol. The minimum atomic E-state index is -0.000104. The topological polar surface area (TPSA) is 24.8 Å². The van der Waals surface area contributed by atoms with Crippen molar-refractivity contribution in [3.05, 3.63) is 64.7 Å². The summed E-state index contributed by atoms with van der Waals surface area (Å²) in [7, 11) is 0. The first kappa shape index (κ1) is 14.6. The van der Waals surface area contributed by atoms with Crippen LogP contribution in [-0.4, -0.2) is 16.9 Å². The Morgan fingerprint density at radius 2 is 2.04 bits per heavy atom. The number of nitrogens with zero attached hydrogens (tertiary/aromatic N) is 2. The van der Waals surface area contributed by atoms with E-state index >= 15 is 0 Å². The zero-order chi connectivity index (χ0) is 15.8. The van der Waals surface area contributed by atoms with Gasteiger partial charge in [0.05, 0.1) is 11.8 Å². The predicted molar refractivity (Wildman–Crippen MR) is 93.0 cm³/mol. The molecule has 4 rings (SSSR count). The lowest BCUT2D eigenvalue weighted by atomic mass is 9.96. The van der Waals surface area contributed by atoms with Crippen molar-refractivity contribution < 1.29 is 4.74 Å². The van der Waals surface area contributed by atoms with Crippen LogP contribution >= 0.6 is 11.6 Å². The molecule has 2 aromatic rings. The van der Waals surface area contributed by atoms with Gasteiger partial charge >= 0.3 is 0 Å². The lowest BCUT2D eigenvalue weighted by Gasteiger charge is -2.38. The highest BCUT2D eigenvalue weighted by Crippen LogP contribution is 2.44. The van der Waals surface area contributed by atoms with Gasteiger partial charge in [0.1, 0.15) is 5.75 Å². The highest BCUT2D eigenvalue weighted by molar-refractivity contribution is 6.30. The van der Waals surface area contributed by atoms with Gasteiger partial charge in [-0.25, -0.2) is 0 Å². The number of hydrazone groups is 1. The van der Waals surface area contributed by atoms with E-state index < -0.39 is 0 Å². The fraction of sp³-hybridized carbons (Fsp3) is 0.316. The number of hydrogen-bond acceptors (Lipinski definition) is 3. The Labute approximate surface area is 141 Å². The molecule has 118 valence electrons. The van der Waals surface area contributed by atoms with E-state index in [1.807, 2.05) is 24.3 Å². The van der Waals surface area contributed by atoms with E-state index in [0.717, 1.165) is 41.3 Å². The van der Waals surface area contributed by atoms with E-state index in [4.69, 9.17) is 21.4 Å². The molecule has 2 atom stereocenters. The molecule has 2 aliphatic heterocycles. The average Bonchev–Trinajstić information content (AvgIpc) is 3.02. The molecule has 0 bridgehead atoms. The first-order valence-corrected chi connectivity index (χ1v) is 8.51. The minimum absolute atomic E-state index is 0.000104. The van der Waals surface area contributed by atoms with Gasteiger partial charge in [-0.15, -0.1) is 0 Å². The van der Waals surface area contributed by atoms with Crippen molar-refractivity contribution in [1.82, 2.24) is 5.01 Å². The first-order valence-electron chi connectivity index (χ1n) is 8.13. The maximum Gasteiger partial charge on any atom is 0.187 e. The summed E-state index contributed by atoms with van der Waals surface area (Å²) in [6.07, 6.45) is 2.91. The second kappa shape index (κ2) is 5.89.